The highest BCUT2D eigenvalue weighted by Gasteiger charge is 2.35. The Morgan fingerprint density at radius 1 is 1.22 bits per heavy atom. The summed E-state index contributed by atoms with van der Waals surface area (Å²) in [5, 5.41) is 3.47. The van der Waals surface area contributed by atoms with Gasteiger partial charge in [-0.2, -0.15) is 0 Å². The van der Waals surface area contributed by atoms with Crippen LogP contribution in [0.1, 0.15) is 39.5 Å². The van der Waals surface area contributed by atoms with Gasteiger partial charge in [-0.25, -0.2) is 4.99 Å². The van der Waals surface area contributed by atoms with Gasteiger partial charge in [0.05, 0.1) is 0 Å². The second-order valence-electron chi connectivity index (χ2n) is 7.41. The predicted octanol–water partition coefficient (Wildman–Crippen LogP) is 2.42. The quantitative estimate of drug-likeness (QED) is 0.419. The van der Waals surface area contributed by atoms with Gasteiger partial charge < -0.3 is 15.1 Å². The first-order valence-electron chi connectivity index (χ1n) is 8.70. The summed E-state index contributed by atoms with van der Waals surface area (Å²) in [6.45, 7) is 7.73. The number of likely N-dealkylation sites (N-methyl/N-ethyl adjacent to an activating group) is 1. The number of rotatable bonds is 4. The second kappa shape index (κ2) is 9.69. The number of carbonyl (C=O) groups is 1. The summed E-state index contributed by atoms with van der Waals surface area (Å²) >= 11 is 0. The maximum absolute atomic E-state index is 11.8. The molecular formula is C17H33IN4O. The number of carbonyl (C=O) groups excluding carboxylic acids is 1. The van der Waals surface area contributed by atoms with Gasteiger partial charge in [-0.1, -0.05) is 26.7 Å². The molecule has 0 aromatic carbocycles. The lowest BCUT2D eigenvalue weighted by Crippen LogP contribution is -2.42. The number of hydrogen-bond acceptors (Lipinski definition) is 2. The molecule has 23 heavy (non-hydrogen) atoms. The maximum atomic E-state index is 11.8. The van der Waals surface area contributed by atoms with E-state index in [1.54, 1.807) is 19.0 Å². The van der Waals surface area contributed by atoms with Crippen LogP contribution in [0.5, 0.6) is 0 Å². The number of guanidine groups is 1. The third-order valence-corrected chi connectivity index (χ3v) is 4.81. The number of aliphatic imine (C=N–C) groups is 1. The van der Waals surface area contributed by atoms with E-state index in [1.165, 1.54) is 25.7 Å². The predicted molar refractivity (Wildman–Crippen MR) is 106 cm³/mol. The molecule has 2 fully saturated rings. The van der Waals surface area contributed by atoms with Crippen molar-refractivity contribution in [2.45, 2.75) is 39.5 Å². The topological polar surface area (TPSA) is 47.9 Å². The Hall–Kier alpha value is -0.530. The molecule has 0 aromatic rings. The number of likely N-dealkylation sites (tertiary alicyclic amines) is 1. The van der Waals surface area contributed by atoms with Crippen molar-refractivity contribution in [1.82, 2.24) is 15.1 Å². The van der Waals surface area contributed by atoms with E-state index in [0.717, 1.165) is 37.4 Å². The normalized spacial score (nSPS) is 24.2. The Kier molecular flexibility index (Phi) is 8.64. The van der Waals surface area contributed by atoms with Crippen LogP contribution in [0, 0.1) is 17.8 Å². The molecule has 0 aromatic heterocycles. The van der Waals surface area contributed by atoms with Crippen LogP contribution in [0.2, 0.25) is 0 Å². The van der Waals surface area contributed by atoms with Crippen molar-refractivity contribution in [2.24, 2.45) is 22.7 Å². The molecule has 1 amide bonds. The minimum atomic E-state index is 0. The molecule has 2 unspecified atom stereocenters. The molecule has 1 aliphatic heterocycles. The maximum Gasteiger partial charge on any atom is 0.243 e. The van der Waals surface area contributed by atoms with Gasteiger partial charge in [0.1, 0.15) is 6.54 Å². The average molecular weight is 436 g/mol. The third-order valence-electron chi connectivity index (χ3n) is 4.81. The van der Waals surface area contributed by atoms with Gasteiger partial charge >= 0.3 is 0 Å². The molecule has 2 atom stereocenters. The molecule has 6 heteroatoms. The number of halogens is 1. The Morgan fingerprint density at radius 3 is 2.26 bits per heavy atom. The van der Waals surface area contributed by atoms with Gasteiger partial charge in [-0.15, -0.1) is 24.0 Å². The molecule has 134 valence electrons. The van der Waals surface area contributed by atoms with Crippen LogP contribution in [-0.2, 0) is 4.79 Å². The SMILES string of the molecule is CC(C)CNC(=NCC(=O)N(C)C)N1CC2CCCCC2C1.I. The molecule has 2 rings (SSSR count). The molecular weight excluding hydrogens is 403 g/mol. The Morgan fingerprint density at radius 2 is 1.78 bits per heavy atom. The van der Waals surface area contributed by atoms with Gasteiger partial charge in [0.25, 0.3) is 0 Å². The number of nitrogens with one attached hydrogen (secondary N) is 1. The third kappa shape index (κ3) is 6.12. The van der Waals surface area contributed by atoms with Crippen molar-refractivity contribution < 1.29 is 4.79 Å². The molecule has 0 radical (unpaired) electrons. The summed E-state index contributed by atoms with van der Waals surface area (Å²) in [6.07, 6.45) is 5.46. The van der Waals surface area contributed by atoms with Crippen molar-refractivity contribution in [3.05, 3.63) is 0 Å². The minimum Gasteiger partial charge on any atom is -0.356 e. The summed E-state index contributed by atoms with van der Waals surface area (Å²) in [7, 11) is 3.56. The zero-order valence-electron chi connectivity index (χ0n) is 15.0. The number of nitrogens with zero attached hydrogens (tertiary/aromatic N) is 3. The summed E-state index contributed by atoms with van der Waals surface area (Å²) in [6, 6.07) is 0. The number of amides is 1. The van der Waals surface area contributed by atoms with Crippen LogP contribution in [0.15, 0.2) is 4.99 Å². The molecule has 1 heterocycles. The molecule has 1 saturated carbocycles. The fourth-order valence-electron chi connectivity index (χ4n) is 3.43. The Labute approximate surface area is 158 Å². The van der Waals surface area contributed by atoms with E-state index in [9.17, 15) is 4.79 Å². The molecule has 5 nitrogen and oxygen atoms in total. The summed E-state index contributed by atoms with van der Waals surface area (Å²) < 4.78 is 0. The van der Waals surface area contributed by atoms with Gasteiger partial charge in [0, 0.05) is 33.7 Å². The molecule has 1 aliphatic carbocycles. The number of fused-ring (bicyclic) bond motifs is 1. The highest BCUT2D eigenvalue weighted by Crippen LogP contribution is 2.35. The van der Waals surface area contributed by atoms with Crippen molar-refractivity contribution in [1.29, 1.82) is 0 Å². The average Bonchev–Trinajstić information content (AvgIpc) is 2.90. The first-order valence-corrected chi connectivity index (χ1v) is 8.70. The van der Waals surface area contributed by atoms with Crippen LogP contribution >= 0.6 is 24.0 Å². The van der Waals surface area contributed by atoms with Crippen molar-refractivity contribution >= 4 is 35.8 Å². The van der Waals surface area contributed by atoms with Crippen molar-refractivity contribution in [3.8, 4) is 0 Å². The molecule has 1 saturated heterocycles. The van der Waals surface area contributed by atoms with Crippen LogP contribution in [-0.4, -0.2) is 61.9 Å². The summed E-state index contributed by atoms with van der Waals surface area (Å²) in [4.78, 5) is 20.4. The highest BCUT2D eigenvalue weighted by atomic mass is 127. The largest absolute Gasteiger partial charge is 0.356 e. The van der Waals surface area contributed by atoms with Gasteiger partial charge in [-0.3, -0.25) is 4.79 Å². The molecule has 2 aliphatic rings. The van der Waals surface area contributed by atoms with Crippen molar-refractivity contribution in [3.63, 3.8) is 0 Å². The van der Waals surface area contributed by atoms with E-state index in [0.29, 0.717) is 5.92 Å². The zero-order valence-corrected chi connectivity index (χ0v) is 17.4. The molecule has 1 N–H and O–H groups in total. The Bertz CT molecular complexity index is 397. The van der Waals surface area contributed by atoms with E-state index in [4.69, 9.17) is 0 Å². The molecule has 0 spiro atoms. The van der Waals surface area contributed by atoms with Crippen LogP contribution in [0.4, 0.5) is 0 Å². The first-order chi connectivity index (χ1) is 10.5. The summed E-state index contributed by atoms with van der Waals surface area (Å²) in [5.41, 5.74) is 0. The van der Waals surface area contributed by atoms with E-state index in [1.807, 2.05) is 0 Å². The fourth-order valence-corrected chi connectivity index (χ4v) is 3.43. The van der Waals surface area contributed by atoms with E-state index in [2.05, 4.69) is 29.1 Å². The highest BCUT2D eigenvalue weighted by molar-refractivity contribution is 14.0. The van der Waals surface area contributed by atoms with E-state index < -0.39 is 0 Å². The lowest BCUT2D eigenvalue weighted by Gasteiger charge is -2.23. The lowest BCUT2D eigenvalue weighted by molar-refractivity contribution is -0.127. The minimum absolute atomic E-state index is 0. The Balaban J connectivity index is 0.00000264. The smallest absolute Gasteiger partial charge is 0.243 e. The standard InChI is InChI=1S/C17H32N4O.HI/c1-13(2)9-18-17(19-10-16(22)20(3)4)21-11-14-7-5-6-8-15(14)12-21;/h13-15H,5-12H2,1-4H3,(H,18,19);1H. The first kappa shape index (κ1) is 20.5. The zero-order chi connectivity index (χ0) is 16.1. The van der Waals surface area contributed by atoms with Crippen LogP contribution in [0.25, 0.3) is 0 Å². The van der Waals surface area contributed by atoms with Gasteiger partial charge in [0.15, 0.2) is 5.96 Å². The van der Waals surface area contributed by atoms with Gasteiger partial charge in [0.2, 0.25) is 5.91 Å². The van der Waals surface area contributed by atoms with E-state index in [-0.39, 0.29) is 36.4 Å². The second-order valence-corrected chi connectivity index (χ2v) is 7.41. The van der Waals surface area contributed by atoms with Crippen LogP contribution in [0.3, 0.4) is 0 Å². The van der Waals surface area contributed by atoms with Gasteiger partial charge in [-0.05, 0) is 30.6 Å². The molecule has 0 bridgehead atoms. The fraction of sp³-hybridized carbons (Fsp3) is 0.882. The lowest BCUT2D eigenvalue weighted by atomic mass is 9.82. The van der Waals surface area contributed by atoms with E-state index >= 15 is 0 Å². The van der Waals surface area contributed by atoms with Crippen molar-refractivity contribution in [2.75, 3.05) is 40.3 Å². The monoisotopic (exact) mass is 436 g/mol. The summed E-state index contributed by atoms with van der Waals surface area (Å²) in [5.74, 6) is 3.20. The number of hydrogen-bond donors (Lipinski definition) is 1. The van der Waals surface area contributed by atoms with Crippen LogP contribution < -0.4 is 5.32 Å².